The number of carbonyl (C=O) groups is 2. The Morgan fingerprint density at radius 1 is 1.05 bits per heavy atom. The van der Waals surface area contributed by atoms with Crippen molar-refractivity contribution < 1.29 is 33.3 Å². The van der Waals surface area contributed by atoms with Crippen LogP contribution >= 0.6 is 22.7 Å². The molecule has 7 N–H and O–H groups in total. The van der Waals surface area contributed by atoms with E-state index in [0.29, 0.717) is 54.3 Å². The molecule has 0 aliphatic carbocycles. The fourth-order valence-electron chi connectivity index (χ4n) is 4.10. The topological polar surface area (TPSA) is 175 Å². The predicted molar refractivity (Wildman–Crippen MR) is 166 cm³/mol. The maximum Gasteiger partial charge on any atom is 0.321 e. The van der Waals surface area contributed by atoms with Gasteiger partial charge in [0, 0.05) is 42.2 Å². The van der Waals surface area contributed by atoms with E-state index >= 15 is 0 Å². The molecule has 16 heteroatoms. The number of halogens is 2. The van der Waals surface area contributed by atoms with Crippen molar-refractivity contribution in [2.45, 2.75) is 6.42 Å². The van der Waals surface area contributed by atoms with E-state index in [9.17, 15) is 18.4 Å². The summed E-state index contributed by atoms with van der Waals surface area (Å²) < 4.78 is 34.6. The highest BCUT2D eigenvalue weighted by molar-refractivity contribution is 7.23. The van der Waals surface area contributed by atoms with Gasteiger partial charge in [0.2, 0.25) is 0 Å². The lowest BCUT2D eigenvalue weighted by molar-refractivity contribution is 0.102. The molecule has 0 spiro atoms. The van der Waals surface area contributed by atoms with Gasteiger partial charge < -0.3 is 31.3 Å². The van der Waals surface area contributed by atoms with Gasteiger partial charge in [-0.1, -0.05) is 17.4 Å². The van der Waals surface area contributed by atoms with Crippen LogP contribution in [0.1, 0.15) is 16.8 Å². The molecule has 0 atom stereocenters. The maximum absolute atomic E-state index is 14.8. The molecule has 0 saturated carbocycles. The third-order valence-electron chi connectivity index (χ3n) is 6.25. The zero-order valence-corrected chi connectivity index (χ0v) is 25.2. The van der Waals surface area contributed by atoms with Crippen molar-refractivity contribution in [2.75, 3.05) is 62.9 Å². The van der Waals surface area contributed by atoms with E-state index in [1.165, 1.54) is 25.3 Å². The summed E-state index contributed by atoms with van der Waals surface area (Å²) in [5, 5.41) is 28.2. The number of carbonyl (C=O) groups excluding carboxylic acids is 2. The molecular formula is C28H31F2N7O5S2. The number of hydrogen-bond acceptors (Lipinski definition) is 11. The lowest BCUT2D eigenvalue weighted by Crippen LogP contribution is -2.34. The number of aromatic nitrogens is 2. The molecule has 0 unspecified atom stereocenters. The fourth-order valence-corrected chi connectivity index (χ4v) is 5.90. The average molecular weight is 648 g/mol. The van der Waals surface area contributed by atoms with E-state index in [0.717, 1.165) is 22.7 Å². The van der Waals surface area contributed by atoms with Gasteiger partial charge in [0.25, 0.3) is 5.91 Å². The van der Waals surface area contributed by atoms with Gasteiger partial charge in [0.1, 0.15) is 33.1 Å². The monoisotopic (exact) mass is 647 g/mol. The summed E-state index contributed by atoms with van der Waals surface area (Å²) >= 11 is 2.23. The van der Waals surface area contributed by atoms with Crippen molar-refractivity contribution in [3.63, 3.8) is 0 Å². The molecular weight excluding hydrogens is 616 g/mol. The number of urea groups is 1. The minimum absolute atomic E-state index is 0.0223. The number of rotatable bonds is 14. The molecule has 0 saturated heterocycles. The highest BCUT2D eigenvalue weighted by Crippen LogP contribution is 2.39. The highest BCUT2D eigenvalue weighted by atomic mass is 32.1. The molecule has 0 aliphatic rings. The first-order valence-corrected chi connectivity index (χ1v) is 15.1. The van der Waals surface area contributed by atoms with Crippen LogP contribution in [0.15, 0.2) is 41.8 Å². The van der Waals surface area contributed by atoms with Crippen LogP contribution in [0, 0.1) is 11.6 Å². The quantitative estimate of drug-likeness (QED) is 0.111. The summed E-state index contributed by atoms with van der Waals surface area (Å²) in [7, 11) is 1.46. The van der Waals surface area contributed by atoms with Crippen LogP contribution in [0.25, 0.3) is 21.1 Å². The number of aliphatic hydroxyl groups is 2. The summed E-state index contributed by atoms with van der Waals surface area (Å²) in [6, 6.07) is 7.66. The van der Waals surface area contributed by atoms with Gasteiger partial charge in [0.15, 0.2) is 5.13 Å². The lowest BCUT2D eigenvalue weighted by atomic mass is 10.1. The molecule has 0 radical (unpaired) electrons. The molecule has 2 aromatic heterocycles. The van der Waals surface area contributed by atoms with Gasteiger partial charge in [-0.05, 0) is 37.2 Å². The number of hydrogen-bond donors (Lipinski definition) is 6. The number of benzene rings is 2. The summed E-state index contributed by atoms with van der Waals surface area (Å²) in [5.74, 6) is -1.87. The van der Waals surface area contributed by atoms with Crippen LogP contribution in [0.3, 0.4) is 0 Å². The Morgan fingerprint density at radius 2 is 1.82 bits per heavy atom. The summed E-state index contributed by atoms with van der Waals surface area (Å²) in [6.07, 6.45) is 0.604. The Labute approximate surface area is 259 Å². The molecule has 0 aliphatic heterocycles. The molecule has 4 aromatic rings. The van der Waals surface area contributed by atoms with Gasteiger partial charge in [-0.3, -0.25) is 15.0 Å². The van der Waals surface area contributed by atoms with Crippen LogP contribution in [-0.4, -0.2) is 83.5 Å². The van der Waals surface area contributed by atoms with Crippen molar-refractivity contribution in [3.8, 4) is 26.9 Å². The number of thiazole rings is 2. The Bertz CT molecular complexity index is 1590. The van der Waals surface area contributed by atoms with E-state index in [2.05, 4.69) is 25.9 Å². The highest BCUT2D eigenvalue weighted by Gasteiger charge is 2.20. The van der Waals surface area contributed by atoms with Gasteiger partial charge in [0.05, 0.1) is 31.7 Å². The number of anilines is 3. The second-order valence-corrected chi connectivity index (χ2v) is 11.1. The number of nitrogens with zero attached hydrogens (tertiary/aromatic N) is 3. The molecule has 0 bridgehead atoms. The fraction of sp³-hybridized carbons (Fsp3) is 0.286. The number of methoxy groups -OCH3 is 1. The Hall–Kier alpha value is -4.22. The first-order valence-electron chi connectivity index (χ1n) is 13.4. The summed E-state index contributed by atoms with van der Waals surface area (Å²) in [4.78, 5) is 36.0. The molecule has 44 heavy (non-hydrogen) atoms. The second-order valence-electron chi connectivity index (χ2n) is 9.29. The summed E-state index contributed by atoms with van der Waals surface area (Å²) in [5.41, 5.74) is 6.24. The number of nitrogen functional groups attached to an aromatic ring is 1. The average Bonchev–Trinajstić information content (AvgIpc) is 3.63. The van der Waals surface area contributed by atoms with Crippen molar-refractivity contribution in [1.29, 1.82) is 0 Å². The standard InChI is InChI=1S/C28H31F2N7O5S2/c1-42-17-5-2-4-16(12-17)25(40)33-21-13-18(19(29)14-20(21)30)22-15-43-26(34-22)23-24(31)35-28(44-23)36-27(41)32-6-3-7-37(8-10-38)9-11-39/h2,4-5,12-15,38-39H,3,6-11,31H2,1H3,(H,33,40)(H2,32,35,36,41). The normalized spacial score (nSPS) is 11.0. The minimum atomic E-state index is -0.953. The SMILES string of the molecule is COc1cccc(C(=O)Nc2cc(-c3csc(-c4sc(NC(=O)NCCCN(CCO)CCO)nc4N)n3)c(F)cc2F)c1. The van der Waals surface area contributed by atoms with E-state index < -0.39 is 23.6 Å². The first kappa shape index (κ1) is 32.7. The van der Waals surface area contributed by atoms with Gasteiger partial charge >= 0.3 is 6.03 Å². The zero-order chi connectivity index (χ0) is 31.6. The van der Waals surface area contributed by atoms with E-state index in [1.807, 2.05) is 4.90 Å². The molecule has 3 amide bonds. The lowest BCUT2D eigenvalue weighted by Gasteiger charge is -2.19. The van der Waals surface area contributed by atoms with Crippen molar-refractivity contribution in [3.05, 3.63) is 59.0 Å². The Balaban J connectivity index is 1.41. The van der Waals surface area contributed by atoms with E-state index in [1.54, 1.807) is 17.5 Å². The van der Waals surface area contributed by atoms with Crippen molar-refractivity contribution >= 4 is 51.2 Å². The number of nitrogens with two attached hydrogens (primary N) is 1. The Morgan fingerprint density at radius 3 is 2.55 bits per heavy atom. The Kier molecular flexibility index (Phi) is 11.5. The number of amides is 3. The van der Waals surface area contributed by atoms with E-state index in [4.69, 9.17) is 20.7 Å². The predicted octanol–water partition coefficient (Wildman–Crippen LogP) is 3.85. The third kappa shape index (κ3) is 8.45. The zero-order valence-electron chi connectivity index (χ0n) is 23.6. The van der Waals surface area contributed by atoms with Gasteiger partial charge in [-0.15, -0.1) is 11.3 Å². The molecule has 0 fully saturated rings. The maximum atomic E-state index is 14.8. The van der Waals surface area contributed by atoms with Crippen LogP contribution < -0.4 is 26.4 Å². The molecule has 4 rings (SSSR count). The second kappa shape index (κ2) is 15.5. The van der Waals surface area contributed by atoms with Crippen molar-refractivity contribution in [2.24, 2.45) is 0 Å². The van der Waals surface area contributed by atoms with E-state index in [-0.39, 0.29) is 46.7 Å². The first-order chi connectivity index (χ1) is 21.2. The molecule has 2 aromatic carbocycles. The smallest absolute Gasteiger partial charge is 0.321 e. The largest absolute Gasteiger partial charge is 0.497 e. The van der Waals surface area contributed by atoms with Crippen LogP contribution in [0.4, 0.5) is 30.2 Å². The minimum Gasteiger partial charge on any atom is -0.497 e. The van der Waals surface area contributed by atoms with Crippen molar-refractivity contribution in [1.82, 2.24) is 20.2 Å². The van der Waals surface area contributed by atoms with Crippen LogP contribution in [-0.2, 0) is 0 Å². The van der Waals surface area contributed by atoms with Crippen LogP contribution in [0.5, 0.6) is 5.75 Å². The van der Waals surface area contributed by atoms with Crippen LogP contribution in [0.2, 0.25) is 0 Å². The molecule has 234 valence electrons. The number of aliphatic hydroxyl groups excluding tert-OH is 2. The number of ether oxygens (including phenoxy) is 1. The third-order valence-corrected chi connectivity index (χ3v) is 8.24. The van der Waals surface area contributed by atoms with Gasteiger partial charge in [-0.2, -0.15) is 0 Å². The molecule has 2 heterocycles. The molecule has 12 nitrogen and oxygen atoms in total. The number of nitrogens with one attached hydrogen (secondary N) is 3. The van der Waals surface area contributed by atoms with Gasteiger partial charge in [-0.25, -0.2) is 23.5 Å². The summed E-state index contributed by atoms with van der Waals surface area (Å²) in [6.45, 7) is 1.77.